The van der Waals surface area contributed by atoms with E-state index in [-0.39, 0.29) is 11.8 Å². The summed E-state index contributed by atoms with van der Waals surface area (Å²) < 4.78 is 0. The van der Waals surface area contributed by atoms with Gasteiger partial charge in [-0.3, -0.25) is 4.79 Å². The molecule has 1 aromatic rings. The summed E-state index contributed by atoms with van der Waals surface area (Å²) in [6.45, 7) is 5.65. The first-order chi connectivity index (χ1) is 7.13. The highest BCUT2D eigenvalue weighted by molar-refractivity contribution is 7.09. The molecule has 0 unspecified atom stereocenters. The van der Waals surface area contributed by atoms with Gasteiger partial charge in [-0.05, 0) is 17.4 Å². The highest BCUT2D eigenvalue weighted by Gasteiger charge is 2.14. The summed E-state index contributed by atoms with van der Waals surface area (Å²) in [5, 5.41) is 2.02. The lowest BCUT2D eigenvalue weighted by atomic mass is 10.2. The van der Waals surface area contributed by atoms with Crippen molar-refractivity contribution in [3.8, 4) is 0 Å². The van der Waals surface area contributed by atoms with E-state index in [0.717, 1.165) is 6.54 Å². The summed E-state index contributed by atoms with van der Waals surface area (Å²) in [5.74, 6) is 0.550. The van der Waals surface area contributed by atoms with Gasteiger partial charge in [0.05, 0.1) is 6.54 Å². The zero-order valence-corrected chi connectivity index (χ0v) is 10.6. The fraction of sp³-hybridized carbons (Fsp3) is 0.545. The number of amides is 1. The van der Waals surface area contributed by atoms with Crippen molar-refractivity contribution < 1.29 is 4.79 Å². The van der Waals surface area contributed by atoms with Crippen LogP contribution in [0.1, 0.15) is 18.7 Å². The zero-order chi connectivity index (χ0) is 11.3. The molecule has 2 nitrogen and oxygen atoms in total. The predicted molar refractivity (Wildman–Crippen MR) is 65.3 cm³/mol. The maximum absolute atomic E-state index is 11.6. The van der Waals surface area contributed by atoms with Crippen molar-refractivity contribution in [2.75, 3.05) is 12.4 Å². The van der Waals surface area contributed by atoms with Crippen LogP contribution in [0.25, 0.3) is 0 Å². The Bertz CT molecular complexity index is 298. The van der Waals surface area contributed by atoms with Crippen LogP contribution in [-0.2, 0) is 11.3 Å². The molecule has 15 heavy (non-hydrogen) atoms. The maximum atomic E-state index is 11.6. The summed E-state index contributed by atoms with van der Waals surface area (Å²) in [4.78, 5) is 14.6. The fourth-order valence-electron chi connectivity index (χ4n) is 1.37. The third-order valence-electron chi connectivity index (χ3n) is 1.98. The lowest BCUT2D eigenvalue weighted by Gasteiger charge is -2.23. The van der Waals surface area contributed by atoms with Crippen molar-refractivity contribution in [3.63, 3.8) is 0 Å². The Kier molecular flexibility index (Phi) is 5.12. The van der Waals surface area contributed by atoms with Gasteiger partial charge in [0, 0.05) is 11.4 Å². The van der Waals surface area contributed by atoms with Crippen molar-refractivity contribution in [1.82, 2.24) is 4.90 Å². The van der Waals surface area contributed by atoms with Gasteiger partial charge in [0.2, 0.25) is 5.91 Å². The molecule has 1 amide bonds. The van der Waals surface area contributed by atoms with E-state index in [9.17, 15) is 4.79 Å². The van der Waals surface area contributed by atoms with E-state index >= 15 is 0 Å². The second-order valence-electron chi connectivity index (χ2n) is 3.88. The maximum Gasteiger partial charge on any atom is 0.237 e. The van der Waals surface area contributed by atoms with Crippen LogP contribution >= 0.6 is 22.9 Å². The number of hydrogen-bond donors (Lipinski definition) is 0. The normalized spacial score (nSPS) is 10.7. The highest BCUT2D eigenvalue weighted by atomic mass is 35.5. The van der Waals surface area contributed by atoms with E-state index in [1.807, 2.05) is 22.4 Å². The average molecular weight is 246 g/mol. The van der Waals surface area contributed by atoms with Gasteiger partial charge in [0.1, 0.15) is 5.88 Å². The smallest absolute Gasteiger partial charge is 0.237 e. The van der Waals surface area contributed by atoms with Gasteiger partial charge in [0.15, 0.2) is 0 Å². The van der Waals surface area contributed by atoms with Crippen LogP contribution in [0.15, 0.2) is 17.5 Å². The summed E-state index contributed by atoms with van der Waals surface area (Å²) in [6, 6.07) is 4.04. The molecule has 0 saturated heterocycles. The van der Waals surface area contributed by atoms with Gasteiger partial charge in [-0.25, -0.2) is 0 Å². The van der Waals surface area contributed by atoms with Crippen molar-refractivity contribution >= 4 is 28.8 Å². The lowest BCUT2D eigenvalue weighted by molar-refractivity contribution is -0.129. The number of rotatable bonds is 5. The molecular formula is C11H16ClNOS. The largest absolute Gasteiger partial charge is 0.336 e. The Morgan fingerprint density at radius 3 is 2.80 bits per heavy atom. The van der Waals surface area contributed by atoms with Crippen molar-refractivity contribution in [3.05, 3.63) is 22.4 Å². The Balaban J connectivity index is 2.60. The molecule has 0 aliphatic rings. The first kappa shape index (κ1) is 12.5. The Morgan fingerprint density at radius 1 is 1.60 bits per heavy atom. The van der Waals surface area contributed by atoms with Crippen molar-refractivity contribution in [2.45, 2.75) is 20.4 Å². The van der Waals surface area contributed by atoms with Crippen LogP contribution in [0.3, 0.4) is 0 Å². The minimum absolute atomic E-state index is 0.0127. The molecule has 0 aliphatic carbocycles. The Morgan fingerprint density at radius 2 is 2.33 bits per heavy atom. The van der Waals surface area contributed by atoms with Gasteiger partial charge in [-0.15, -0.1) is 22.9 Å². The van der Waals surface area contributed by atoms with Crippen LogP contribution < -0.4 is 0 Å². The molecule has 0 atom stereocenters. The molecule has 4 heteroatoms. The summed E-state index contributed by atoms with van der Waals surface area (Å²) >= 11 is 7.25. The Labute approximate surface area is 99.9 Å². The molecular weight excluding hydrogens is 230 g/mol. The summed E-state index contributed by atoms with van der Waals surface area (Å²) in [5.41, 5.74) is 0. The summed E-state index contributed by atoms with van der Waals surface area (Å²) in [6.07, 6.45) is 0. The van der Waals surface area contributed by atoms with Crippen molar-refractivity contribution in [2.24, 2.45) is 5.92 Å². The first-order valence-corrected chi connectivity index (χ1v) is 6.41. The molecule has 84 valence electrons. The monoisotopic (exact) mass is 245 g/mol. The SMILES string of the molecule is CC(C)CN(Cc1cccs1)C(=O)CCl. The second kappa shape index (κ2) is 6.13. The molecule has 0 bridgehead atoms. The molecule has 0 aromatic carbocycles. The van der Waals surface area contributed by atoms with Gasteiger partial charge < -0.3 is 4.90 Å². The zero-order valence-electron chi connectivity index (χ0n) is 9.07. The van der Waals surface area contributed by atoms with Crippen molar-refractivity contribution in [1.29, 1.82) is 0 Å². The number of halogens is 1. The average Bonchev–Trinajstić information content (AvgIpc) is 2.67. The minimum atomic E-state index is 0.0127. The van der Waals surface area contributed by atoms with Gasteiger partial charge in [-0.1, -0.05) is 19.9 Å². The fourth-order valence-corrected chi connectivity index (χ4v) is 2.26. The number of nitrogens with zero attached hydrogens (tertiary/aromatic N) is 1. The number of alkyl halides is 1. The van der Waals surface area contributed by atoms with E-state index in [1.54, 1.807) is 11.3 Å². The van der Waals surface area contributed by atoms with E-state index in [1.165, 1.54) is 4.88 Å². The Hall–Kier alpha value is -0.540. The van der Waals surface area contributed by atoms with Crippen LogP contribution in [0, 0.1) is 5.92 Å². The van der Waals surface area contributed by atoms with Crippen LogP contribution in [0.4, 0.5) is 0 Å². The second-order valence-corrected chi connectivity index (χ2v) is 5.18. The molecule has 0 fully saturated rings. The van der Waals surface area contributed by atoms with E-state index in [0.29, 0.717) is 12.5 Å². The molecule has 1 aromatic heterocycles. The first-order valence-electron chi connectivity index (χ1n) is 4.99. The van der Waals surface area contributed by atoms with E-state index in [2.05, 4.69) is 13.8 Å². The molecule has 0 N–H and O–H groups in total. The van der Waals surface area contributed by atoms with Crippen LogP contribution in [-0.4, -0.2) is 23.2 Å². The number of carbonyl (C=O) groups is 1. The quantitative estimate of drug-likeness (QED) is 0.731. The van der Waals surface area contributed by atoms with Crippen LogP contribution in [0.2, 0.25) is 0 Å². The van der Waals surface area contributed by atoms with E-state index in [4.69, 9.17) is 11.6 Å². The molecule has 0 saturated carbocycles. The standard InChI is InChI=1S/C11H16ClNOS/c1-9(2)7-13(11(14)6-12)8-10-4-3-5-15-10/h3-5,9H,6-8H2,1-2H3. The molecule has 0 aliphatic heterocycles. The molecule has 0 radical (unpaired) electrons. The van der Waals surface area contributed by atoms with Gasteiger partial charge >= 0.3 is 0 Å². The van der Waals surface area contributed by atoms with Crippen LogP contribution in [0.5, 0.6) is 0 Å². The third kappa shape index (κ3) is 4.22. The number of carbonyl (C=O) groups excluding carboxylic acids is 1. The predicted octanol–water partition coefficient (Wildman–Crippen LogP) is 2.97. The summed E-state index contributed by atoms with van der Waals surface area (Å²) in [7, 11) is 0. The topological polar surface area (TPSA) is 20.3 Å². The molecule has 0 spiro atoms. The highest BCUT2D eigenvalue weighted by Crippen LogP contribution is 2.13. The number of thiophene rings is 1. The molecule has 1 rings (SSSR count). The minimum Gasteiger partial charge on any atom is -0.336 e. The van der Waals surface area contributed by atoms with Gasteiger partial charge in [0.25, 0.3) is 0 Å². The number of hydrogen-bond acceptors (Lipinski definition) is 2. The lowest BCUT2D eigenvalue weighted by Crippen LogP contribution is -2.34. The van der Waals surface area contributed by atoms with Gasteiger partial charge in [-0.2, -0.15) is 0 Å². The molecule has 1 heterocycles. The van der Waals surface area contributed by atoms with E-state index < -0.39 is 0 Å². The third-order valence-corrected chi connectivity index (χ3v) is 3.07.